The minimum Gasteiger partial charge on any atom is -0.300 e. The lowest BCUT2D eigenvalue weighted by molar-refractivity contribution is -0.116. The quantitative estimate of drug-likeness (QED) is 0.676. The average molecular weight is 369 g/mol. The molecule has 3 rings (SSSR count). The molecule has 126 valence electrons. The first-order valence-electron chi connectivity index (χ1n) is 7.17. The van der Waals surface area contributed by atoms with Gasteiger partial charge in [0.1, 0.15) is 12.4 Å². The van der Waals surface area contributed by atoms with Crippen LogP contribution in [-0.2, 0) is 17.8 Å². The Morgan fingerprint density at radius 2 is 2.17 bits per heavy atom. The smallest absolute Gasteiger partial charge is 0.246 e. The number of carbonyl (C=O) groups is 1. The third-order valence-electron chi connectivity index (χ3n) is 3.29. The predicted octanol–water partition coefficient (Wildman–Crippen LogP) is 3.42. The van der Waals surface area contributed by atoms with Gasteiger partial charge in [-0.1, -0.05) is 18.3 Å². The summed E-state index contributed by atoms with van der Waals surface area (Å²) in [4.78, 5) is 16.3. The van der Waals surface area contributed by atoms with Gasteiger partial charge in [-0.3, -0.25) is 14.5 Å². The van der Waals surface area contributed by atoms with Gasteiger partial charge in [0, 0.05) is 12.5 Å². The Labute approximate surface area is 144 Å². The summed E-state index contributed by atoms with van der Waals surface area (Å²) in [7, 11) is 0. The van der Waals surface area contributed by atoms with Gasteiger partial charge in [0.15, 0.2) is 21.5 Å². The molecule has 0 aliphatic carbocycles. The van der Waals surface area contributed by atoms with E-state index in [0.29, 0.717) is 27.2 Å². The maximum absolute atomic E-state index is 13.2. The topological polar surface area (TPSA) is 75.6 Å². The molecule has 1 aromatic carbocycles. The minimum atomic E-state index is -0.973. The van der Waals surface area contributed by atoms with Crippen LogP contribution < -0.4 is 5.32 Å². The van der Waals surface area contributed by atoms with E-state index in [-0.39, 0.29) is 17.6 Å². The van der Waals surface area contributed by atoms with Crippen LogP contribution in [0.3, 0.4) is 0 Å². The van der Waals surface area contributed by atoms with Gasteiger partial charge in [0.2, 0.25) is 5.91 Å². The maximum atomic E-state index is 13.2. The van der Waals surface area contributed by atoms with Crippen LogP contribution in [-0.4, -0.2) is 25.7 Å². The molecule has 2 aromatic heterocycles. The number of fused-ring (bicyclic) bond motifs is 1. The second-order valence-corrected chi connectivity index (χ2v) is 6.50. The summed E-state index contributed by atoms with van der Waals surface area (Å²) < 4.78 is 28.9. The monoisotopic (exact) mass is 369 g/mol. The van der Waals surface area contributed by atoms with Gasteiger partial charge in [0.25, 0.3) is 0 Å². The summed E-state index contributed by atoms with van der Waals surface area (Å²) >= 11 is 6.19. The maximum Gasteiger partial charge on any atom is 0.246 e. The lowest BCUT2D eigenvalue weighted by Crippen LogP contribution is -2.20. The molecule has 0 saturated heterocycles. The number of carbonyl (C=O) groups excluding carboxylic acids is 1. The van der Waals surface area contributed by atoms with Crippen LogP contribution in [0.2, 0.25) is 0 Å². The van der Waals surface area contributed by atoms with Crippen molar-refractivity contribution in [3.8, 4) is 0 Å². The molecule has 0 aliphatic heterocycles. The van der Waals surface area contributed by atoms with Crippen molar-refractivity contribution < 1.29 is 13.6 Å². The number of aromatic amines is 1. The molecular formula is C14H13F2N5OS2. The number of thiazole rings is 1. The molecule has 0 spiro atoms. The molecular weight excluding hydrogens is 356 g/mol. The number of halogens is 2. The van der Waals surface area contributed by atoms with Gasteiger partial charge in [-0.15, -0.1) is 0 Å². The number of H-pyrrole nitrogens is 1. The fourth-order valence-corrected chi connectivity index (χ4v) is 3.31. The molecule has 2 heterocycles. The summed E-state index contributed by atoms with van der Waals surface area (Å²) in [6, 6.07) is 2.06. The van der Waals surface area contributed by atoms with Crippen molar-refractivity contribution in [3.63, 3.8) is 0 Å². The van der Waals surface area contributed by atoms with Crippen LogP contribution in [0.1, 0.15) is 19.2 Å². The first-order chi connectivity index (χ1) is 11.5. The number of amides is 1. The molecule has 3 aromatic rings. The highest BCUT2D eigenvalue weighted by atomic mass is 32.1. The van der Waals surface area contributed by atoms with Gasteiger partial charge in [-0.05, 0) is 24.7 Å². The van der Waals surface area contributed by atoms with Crippen molar-refractivity contribution in [2.45, 2.75) is 26.3 Å². The SMILES string of the molecule is CCCc1n[nH]c(=S)n1CC(=O)Nc1nc2cc(F)c(F)cc2s1. The Morgan fingerprint density at radius 3 is 2.92 bits per heavy atom. The molecule has 24 heavy (non-hydrogen) atoms. The van der Waals surface area contributed by atoms with E-state index in [1.54, 1.807) is 4.57 Å². The fourth-order valence-electron chi connectivity index (χ4n) is 2.21. The average Bonchev–Trinajstić information content (AvgIpc) is 3.05. The molecule has 0 radical (unpaired) electrons. The molecule has 0 aliphatic rings. The summed E-state index contributed by atoms with van der Waals surface area (Å²) in [5.41, 5.74) is 0.292. The number of nitrogens with one attached hydrogen (secondary N) is 2. The first-order valence-corrected chi connectivity index (χ1v) is 8.40. The number of hydrogen-bond donors (Lipinski definition) is 2. The fraction of sp³-hybridized carbons (Fsp3) is 0.286. The Morgan fingerprint density at radius 1 is 1.42 bits per heavy atom. The van der Waals surface area contributed by atoms with Gasteiger partial charge in [-0.25, -0.2) is 13.8 Å². The number of hydrogen-bond acceptors (Lipinski definition) is 5. The molecule has 0 atom stereocenters. The number of aryl methyl sites for hydroxylation is 1. The number of benzene rings is 1. The van der Waals surface area contributed by atoms with Gasteiger partial charge < -0.3 is 5.32 Å². The standard InChI is InChI=1S/C14H13F2N5OS2/c1-2-3-11-19-20-14(23)21(11)6-12(22)18-13-17-9-4-7(15)8(16)5-10(9)24-13/h4-5H,2-3,6H2,1H3,(H,20,23)(H,17,18,22). The van der Waals surface area contributed by atoms with E-state index in [9.17, 15) is 13.6 Å². The van der Waals surface area contributed by atoms with Crippen LogP contribution >= 0.6 is 23.6 Å². The molecule has 1 amide bonds. The van der Waals surface area contributed by atoms with Crippen LogP contribution in [0.25, 0.3) is 10.2 Å². The number of nitrogens with zero attached hydrogens (tertiary/aromatic N) is 3. The van der Waals surface area contributed by atoms with E-state index >= 15 is 0 Å². The molecule has 6 nitrogen and oxygen atoms in total. The van der Waals surface area contributed by atoms with Gasteiger partial charge >= 0.3 is 0 Å². The molecule has 10 heteroatoms. The predicted molar refractivity (Wildman–Crippen MR) is 89.6 cm³/mol. The third-order valence-corrected chi connectivity index (χ3v) is 4.53. The third kappa shape index (κ3) is 3.34. The van der Waals surface area contributed by atoms with E-state index in [2.05, 4.69) is 20.5 Å². The summed E-state index contributed by atoms with van der Waals surface area (Å²) in [6.45, 7) is 1.99. The normalized spacial score (nSPS) is 11.1. The van der Waals surface area contributed by atoms with E-state index in [1.807, 2.05) is 6.92 Å². The zero-order valence-corrected chi connectivity index (χ0v) is 14.2. The van der Waals surface area contributed by atoms with Crippen molar-refractivity contribution in [1.29, 1.82) is 0 Å². The highest BCUT2D eigenvalue weighted by Gasteiger charge is 2.14. The van der Waals surface area contributed by atoms with Crippen molar-refractivity contribution >= 4 is 44.8 Å². The van der Waals surface area contributed by atoms with Crippen LogP contribution in [0.5, 0.6) is 0 Å². The molecule has 0 saturated carbocycles. The highest BCUT2D eigenvalue weighted by molar-refractivity contribution is 7.71. The zero-order valence-electron chi connectivity index (χ0n) is 12.6. The Kier molecular flexibility index (Phi) is 4.67. The van der Waals surface area contributed by atoms with Crippen molar-refractivity contribution in [2.24, 2.45) is 0 Å². The minimum absolute atomic E-state index is 0.0106. The zero-order chi connectivity index (χ0) is 17.3. The lowest BCUT2D eigenvalue weighted by atomic mass is 10.3. The summed E-state index contributed by atoms with van der Waals surface area (Å²) in [6.07, 6.45) is 1.57. The summed E-state index contributed by atoms with van der Waals surface area (Å²) in [5.74, 6) is -1.56. The lowest BCUT2D eigenvalue weighted by Gasteiger charge is -2.05. The molecule has 2 N–H and O–H groups in total. The second kappa shape index (κ2) is 6.73. The van der Waals surface area contributed by atoms with Gasteiger partial charge in [0.05, 0.1) is 10.2 Å². The van der Waals surface area contributed by atoms with Crippen LogP contribution in [0, 0.1) is 16.4 Å². The first kappa shape index (κ1) is 16.7. The van der Waals surface area contributed by atoms with E-state index in [0.717, 1.165) is 29.9 Å². The Hall–Kier alpha value is -2.20. The van der Waals surface area contributed by atoms with Crippen molar-refractivity contribution in [2.75, 3.05) is 5.32 Å². The number of aromatic nitrogens is 4. The molecule has 0 bridgehead atoms. The molecule has 0 fully saturated rings. The number of rotatable bonds is 5. The van der Waals surface area contributed by atoms with E-state index in [1.165, 1.54) is 0 Å². The Balaban J connectivity index is 1.78. The van der Waals surface area contributed by atoms with Gasteiger partial charge in [-0.2, -0.15) is 5.10 Å². The Bertz CT molecular complexity index is 923. The van der Waals surface area contributed by atoms with E-state index in [4.69, 9.17) is 12.2 Å². The second-order valence-electron chi connectivity index (χ2n) is 5.08. The van der Waals surface area contributed by atoms with Crippen LogP contribution in [0.15, 0.2) is 12.1 Å². The highest BCUT2D eigenvalue weighted by Crippen LogP contribution is 2.27. The summed E-state index contributed by atoms with van der Waals surface area (Å²) in [5, 5.41) is 9.64. The number of anilines is 1. The van der Waals surface area contributed by atoms with Crippen LogP contribution in [0.4, 0.5) is 13.9 Å². The van der Waals surface area contributed by atoms with E-state index < -0.39 is 11.6 Å². The largest absolute Gasteiger partial charge is 0.300 e. The molecule has 0 unspecified atom stereocenters. The van der Waals surface area contributed by atoms with Crippen molar-refractivity contribution in [3.05, 3.63) is 34.4 Å². The van der Waals surface area contributed by atoms with Crippen molar-refractivity contribution in [1.82, 2.24) is 19.7 Å².